The molecule has 0 saturated carbocycles. The van der Waals surface area contributed by atoms with Crippen molar-refractivity contribution in [2.24, 2.45) is 0 Å². The molecule has 3 amide bonds. The van der Waals surface area contributed by atoms with Crippen LogP contribution < -0.4 is 10.2 Å². The Morgan fingerprint density at radius 1 is 0.903 bits per heavy atom. The predicted octanol–water partition coefficient (Wildman–Crippen LogP) is 2.97. The number of hydrogen-bond donors (Lipinski definition) is 1. The SMILES string of the molecule is Cc1cc(C)cc(NC(=O)CN2C(=O)N(c3cc(C)cc(C)c3)[C@H]3CS(=O)(=O)C[C@@H]32)c1. The fourth-order valence-corrected chi connectivity index (χ4v) is 6.71. The van der Waals surface area contributed by atoms with Crippen LogP contribution in [0.5, 0.6) is 0 Å². The largest absolute Gasteiger partial charge is 0.325 e. The fourth-order valence-electron chi connectivity index (χ4n) is 4.76. The van der Waals surface area contributed by atoms with Gasteiger partial charge in [-0.3, -0.25) is 9.69 Å². The van der Waals surface area contributed by atoms with Crippen LogP contribution in [-0.2, 0) is 14.6 Å². The minimum Gasteiger partial charge on any atom is -0.325 e. The van der Waals surface area contributed by atoms with Crippen molar-refractivity contribution in [2.45, 2.75) is 39.8 Å². The van der Waals surface area contributed by atoms with Crippen molar-refractivity contribution in [1.82, 2.24) is 4.90 Å². The number of nitrogens with zero attached hydrogens (tertiary/aromatic N) is 2. The molecule has 0 aliphatic carbocycles. The van der Waals surface area contributed by atoms with Crippen molar-refractivity contribution in [2.75, 3.05) is 28.3 Å². The van der Waals surface area contributed by atoms with Gasteiger partial charge >= 0.3 is 6.03 Å². The van der Waals surface area contributed by atoms with Gasteiger partial charge in [0.15, 0.2) is 9.84 Å². The first-order valence-electron chi connectivity index (χ1n) is 10.3. The third kappa shape index (κ3) is 4.30. The van der Waals surface area contributed by atoms with Crippen molar-refractivity contribution in [3.63, 3.8) is 0 Å². The van der Waals surface area contributed by atoms with Crippen molar-refractivity contribution in [1.29, 1.82) is 0 Å². The molecule has 164 valence electrons. The molecule has 0 radical (unpaired) electrons. The van der Waals surface area contributed by atoms with Crippen LogP contribution in [0.4, 0.5) is 16.2 Å². The van der Waals surface area contributed by atoms with E-state index in [0.29, 0.717) is 11.4 Å². The molecule has 31 heavy (non-hydrogen) atoms. The summed E-state index contributed by atoms with van der Waals surface area (Å²) in [6.45, 7) is 7.58. The summed E-state index contributed by atoms with van der Waals surface area (Å²) in [6.07, 6.45) is 0. The number of nitrogens with one attached hydrogen (secondary N) is 1. The van der Waals surface area contributed by atoms with E-state index in [2.05, 4.69) is 5.32 Å². The molecule has 0 spiro atoms. The van der Waals surface area contributed by atoms with E-state index in [1.807, 2.05) is 64.1 Å². The molecule has 0 aromatic heterocycles. The van der Waals surface area contributed by atoms with E-state index in [1.165, 1.54) is 4.90 Å². The Kier molecular flexibility index (Phi) is 5.29. The third-order valence-electron chi connectivity index (χ3n) is 5.78. The summed E-state index contributed by atoms with van der Waals surface area (Å²) in [7, 11) is -3.30. The van der Waals surface area contributed by atoms with Gasteiger partial charge in [0.2, 0.25) is 5.91 Å². The molecular formula is C23H27N3O4S. The molecule has 0 bridgehead atoms. The minimum absolute atomic E-state index is 0.0917. The highest BCUT2D eigenvalue weighted by molar-refractivity contribution is 7.91. The number of aryl methyl sites for hydroxylation is 4. The Labute approximate surface area is 183 Å². The molecule has 8 heteroatoms. The molecule has 4 rings (SSSR count). The zero-order valence-electron chi connectivity index (χ0n) is 18.2. The number of urea groups is 1. The Bertz CT molecular complexity index is 1130. The third-order valence-corrected chi connectivity index (χ3v) is 7.48. The van der Waals surface area contributed by atoms with E-state index < -0.39 is 21.9 Å². The number of carbonyl (C=O) groups excluding carboxylic acids is 2. The summed E-state index contributed by atoms with van der Waals surface area (Å²) < 4.78 is 24.8. The van der Waals surface area contributed by atoms with Gasteiger partial charge in [-0.25, -0.2) is 13.2 Å². The number of anilines is 2. The maximum absolute atomic E-state index is 13.3. The lowest BCUT2D eigenvalue weighted by Crippen LogP contribution is -2.42. The first-order valence-corrected chi connectivity index (χ1v) is 12.1. The monoisotopic (exact) mass is 441 g/mol. The van der Waals surface area contributed by atoms with Crippen LogP contribution in [0.25, 0.3) is 0 Å². The fraction of sp³-hybridized carbons (Fsp3) is 0.391. The van der Waals surface area contributed by atoms with Gasteiger partial charge in [0.05, 0.1) is 23.6 Å². The average Bonchev–Trinajstić information content (AvgIpc) is 3.03. The second-order valence-electron chi connectivity index (χ2n) is 8.76. The van der Waals surface area contributed by atoms with Crippen LogP contribution in [0.2, 0.25) is 0 Å². The van der Waals surface area contributed by atoms with Crippen LogP contribution in [0.15, 0.2) is 36.4 Å². The highest BCUT2D eigenvalue weighted by Crippen LogP contribution is 2.35. The van der Waals surface area contributed by atoms with Crippen molar-refractivity contribution >= 4 is 33.2 Å². The second-order valence-corrected chi connectivity index (χ2v) is 10.9. The summed E-state index contributed by atoms with van der Waals surface area (Å²) in [5.41, 5.74) is 5.37. The maximum atomic E-state index is 13.3. The molecule has 2 saturated heterocycles. The molecule has 2 aromatic carbocycles. The normalized spacial score (nSPS) is 22.0. The lowest BCUT2D eigenvalue weighted by atomic mass is 10.1. The number of rotatable bonds is 4. The summed E-state index contributed by atoms with van der Waals surface area (Å²) >= 11 is 0. The quantitative estimate of drug-likeness (QED) is 0.739. The smallest absolute Gasteiger partial charge is 0.325 e. The number of hydrogen-bond acceptors (Lipinski definition) is 4. The zero-order chi connectivity index (χ0) is 22.5. The zero-order valence-corrected chi connectivity index (χ0v) is 19.0. The highest BCUT2D eigenvalue weighted by Gasteiger charge is 2.54. The molecule has 1 N–H and O–H groups in total. The summed E-state index contributed by atoms with van der Waals surface area (Å²) in [5, 5.41) is 2.84. The van der Waals surface area contributed by atoms with Gasteiger partial charge in [0.1, 0.15) is 6.54 Å². The summed E-state index contributed by atoms with van der Waals surface area (Å²) in [4.78, 5) is 29.1. The molecular weight excluding hydrogens is 414 g/mol. The Morgan fingerprint density at radius 2 is 1.42 bits per heavy atom. The minimum atomic E-state index is -3.30. The maximum Gasteiger partial charge on any atom is 0.325 e. The van der Waals surface area contributed by atoms with Gasteiger partial charge in [-0.2, -0.15) is 0 Å². The molecule has 0 unspecified atom stereocenters. The van der Waals surface area contributed by atoms with E-state index in [-0.39, 0.29) is 30.0 Å². The molecule has 2 fully saturated rings. The molecule has 2 aromatic rings. The predicted molar refractivity (Wildman–Crippen MR) is 121 cm³/mol. The van der Waals surface area contributed by atoms with E-state index in [1.54, 1.807) is 4.90 Å². The van der Waals surface area contributed by atoms with Crippen LogP contribution in [0, 0.1) is 27.7 Å². The second kappa shape index (κ2) is 7.67. The standard InChI is InChI=1S/C23H27N3O4S/c1-14-5-15(2)8-18(7-14)24-22(27)11-25-20-12-31(29,30)13-21(20)26(23(25)28)19-9-16(3)6-17(4)10-19/h5-10,20-21H,11-13H2,1-4H3,(H,24,27)/t20-,21-/m0/s1. The van der Waals surface area contributed by atoms with E-state index in [9.17, 15) is 18.0 Å². The van der Waals surface area contributed by atoms with Crippen LogP contribution in [0.1, 0.15) is 22.3 Å². The lowest BCUT2D eigenvalue weighted by Gasteiger charge is -2.23. The van der Waals surface area contributed by atoms with E-state index >= 15 is 0 Å². The van der Waals surface area contributed by atoms with Crippen molar-refractivity contribution in [3.8, 4) is 0 Å². The Morgan fingerprint density at radius 3 is 2.00 bits per heavy atom. The van der Waals surface area contributed by atoms with Crippen LogP contribution in [-0.4, -0.2) is 55.4 Å². The number of fused-ring (bicyclic) bond motifs is 1. The molecule has 2 atom stereocenters. The van der Waals surface area contributed by atoms with E-state index in [0.717, 1.165) is 22.3 Å². The van der Waals surface area contributed by atoms with Crippen LogP contribution in [0.3, 0.4) is 0 Å². The highest BCUT2D eigenvalue weighted by atomic mass is 32.2. The van der Waals surface area contributed by atoms with Gasteiger partial charge < -0.3 is 10.2 Å². The Hall–Kier alpha value is -2.87. The van der Waals surface area contributed by atoms with Crippen molar-refractivity contribution in [3.05, 3.63) is 58.7 Å². The number of amides is 3. The van der Waals surface area contributed by atoms with Crippen LogP contribution >= 0.6 is 0 Å². The summed E-state index contributed by atoms with van der Waals surface area (Å²) in [6, 6.07) is 10.1. The first kappa shape index (κ1) is 21.4. The number of benzene rings is 2. The molecule has 7 nitrogen and oxygen atoms in total. The van der Waals surface area contributed by atoms with Gasteiger partial charge in [-0.1, -0.05) is 12.1 Å². The number of sulfone groups is 1. The van der Waals surface area contributed by atoms with Gasteiger partial charge in [0, 0.05) is 11.4 Å². The summed E-state index contributed by atoms with van der Waals surface area (Å²) in [5.74, 6) is -0.559. The molecule has 2 aliphatic heterocycles. The average molecular weight is 442 g/mol. The lowest BCUT2D eigenvalue weighted by molar-refractivity contribution is -0.116. The molecule has 2 aliphatic rings. The van der Waals surface area contributed by atoms with E-state index in [4.69, 9.17) is 0 Å². The topological polar surface area (TPSA) is 86.8 Å². The molecule has 2 heterocycles. The Balaban J connectivity index is 1.61. The van der Waals surface area contributed by atoms with Gasteiger partial charge in [-0.15, -0.1) is 0 Å². The first-order chi connectivity index (χ1) is 14.5. The van der Waals surface area contributed by atoms with Crippen molar-refractivity contribution < 1.29 is 18.0 Å². The van der Waals surface area contributed by atoms with Gasteiger partial charge in [0.25, 0.3) is 0 Å². The van der Waals surface area contributed by atoms with Gasteiger partial charge in [-0.05, 0) is 74.2 Å². The number of carbonyl (C=O) groups is 2.